The number of fused-ring (bicyclic) bond motifs is 3. The summed E-state index contributed by atoms with van der Waals surface area (Å²) in [5.41, 5.74) is 1.97. The average molecular weight is 437 g/mol. The molecule has 26 heavy (non-hydrogen) atoms. The summed E-state index contributed by atoms with van der Waals surface area (Å²) in [5.74, 6) is 0.0605. The van der Waals surface area contributed by atoms with Gasteiger partial charge in [0.2, 0.25) is 10.0 Å². The molecule has 3 atom stereocenters. The van der Waals surface area contributed by atoms with Gasteiger partial charge in [0.15, 0.2) is 0 Å². The molecule has 1 N–H and O–H groups in total. The number of sulfonamides is 1. The van der Waals surface area contributed by atoms with Crippen LogP contribution in [0, 0.1) is 5.92 Å². The zero-order valence-corrected chi connectivity index (χ0v) is 16.8. The summed E-state index contributed by atoms with van der Waals surface area (Å²) in [5, 5.41) is 9.98. The van der Waals surface area contributed by atoms with Crippen molar-refractivity contribution in [2.45, 2.75) is 23.4 Å². The molecule has 1 fully saturated rings. The lowest BCUT2D eigenvalue weighted by molar-refractivity contribution is 0.193. The predicted octanol–water partition coefficient (Wildman–Crippen LogP) is 3.01. The fraction of sp³-hybridized carbons (Fsp3) is 0.368. The van der Waals surface area contributed by atoms with Crippen LogP contribution in [0.3, 0.4) is 0 Å². The molecular formula is C19H21BrN2O3S. The van der Waals surface area contributed by atoms with E-state index in [0.717, 1.165) is 22.1 Å². The third-order valence-electron chi connectivity index (χ3n) is 5.62. The van der Waals surface area contributed by atoms with Gasteiger partial charge in [0.25, 0.3) is 0 Å². The van der Waals surface area contributed by atoms with Crippen LogP contribution in [0.5, 0.6) is 0 Å². The topological polar surface area (TPSA) is 60.9 Å². The molecule has 0 amide bonds. The van der Waals surface area contributed by atoms with Gasteiger partial charge in [-0.1, -0.05) is 34.1 Å². The molecule has 2 heterocycles. The number of nitrogens with zero attached hydrogens (tertiary/aromatic N) is 2. The minimum Gasteiger partial charge on any atom is -0.394 e. The minimum atomic E-state index is -3.60. The third kappa shape index (κ3) is 2.69. The number of anilines is 1. The summed E-state index contributed by atoms with van der Waals surface area (Å²) in [6, 6.07) is 14.2. The van der Waals surface area contributed by atoms with E-state index in [9.17, 15) is 13.5 Å². The van der Waals surface area contributed by atoms with Crippen LogP contribution in [-0.4, -0.2) is 44.1 Å². The fourth-order valence-corrected chi connectivity index (χ4v) is 6.45. The highest BCUT2D eigenvalue weighted by Crippen LogP contribution is 2.50. The van der Waals surface area contributed by atoms with Crippen molar-refractivity contribution in [2.75, 3.05) is 25.1 Å². The van der Waals surface area contributed by atoms with E-state index < -0.39 is 10.0 Å². The second-order valence-corrected chi connectivity index (χ2v) is 9.70. The van der Waals surface area contributed by atoms with E-state index in [2.05, 4.69) is 20.8 Å². The van der Waals surface area contributed by atoms with Gasteiger partial charge in [-0.2, -0.15) is 4.31 Å². The largest absolute Gasteiger partial charge is 0.394 e. The number of hydrogen-bond donors (Lipinski definition) is 1. The molecule has 0 radical (unpaired) electrons. The van der Waals surface area contributed by atoms with Crippen molar-refractivity contribution in [3.63, 3.8) is 0 Å². The van der Waals surface area contributed by atoms with E-state index in [4.69, 9.17) is 0 Å². The highest BCUT2D eigenvalue weighted by Gasteiger charge is 2.50. The van der Waals surface area contributed by atoms with E-state index in [1.807, 2.05) is 31.3 Å². The van der Waals surface area contributed by atoms with Gasteiger partial charge < -0.3 is 10.0 Å². The van der Waals surface area contributed by atoms with Crippen LogP contribution in [0.25, 0.3) is 0 Å². The maximum Gasteiger partial charge on any atom is 0.243 e. The van der Waals surface area contributed by atoms with E-state index in [-0.39, 0.29) is 24.6 Å². The van der Waals surface area contributed by atoms with Crippen molar-refractivity contribution in [1.82, 2.24) is 4.31 Å². The molecule has 2 aromatic rings. The standard InChI is InChI=1S/C19H21BrN2O3S/c1-21-17-8-7-13(20)11-16(17)19-15(18(21)12-23)9-10-22(19)26(24,25)14-5-3-2-4-6-14/h2-8,11,15,18-19,23H,9-10,12H2,1H3/t15-,18+,19-/m1/s1. The molecule has 0 aliphatic carbocycles. The Balaban J connectivity index is 1.85. The third-order valence-corrected chi connectivity index (χ3v) is 8.00. The number of halogens is 1. The summed E-state index contributed by atoms with van der Waals surface area (Å²) >= 11 is 3.52. The molecule has 138 valence electrons. The Morgan fingerprint density at radius 3 is 2.62 bits per heavy atom. The van der Waals surface area contributed by atoms with Gasteiger partial charge in [-0.25, -0.2) is 8.42 Å². The van der Waals surface area contributed by atoms with Crippen molar-refractivity contribution in [3.05, 3.63) is 58.6 Å². The molecule has 0 unspecified atom stereocenters. The Kier molecular flexibility index (Phi) is 4.59. The Labute approximate surface area is 162 Å². The molecule has 7 heteroatoms. The minimum absolute atomic E-state index is 0.00634. The first-order chi connectivity index (χ1) is 12.4. The van der Waals surface area contributed by atoms with E-state index >= 15 is 0 Å². The average Bonchev–Trinajstić information content (AvgIpc) is 3.08. The van der Waals surface area contributed by atoms with E-state index in [1.54, 1.807) is 28.6 Å². The van der Waals surface area contributed by atoms with Gasteiger partial charge in [0, 0.05) is 29.7 Å². The Hall–Kier alpha value is -1.41. The summed E-state index contributed by atoms with van der Waals surface area (Å²) in [7, 11) is -1.63. The second kappa shape index (κ2) is 6.64. The van der Waals surface area contributed by atoms with Crippen molar-refractivity contribution < 1.29 is 13.5 Å². The molecule has 2 aromatic carbocycles. The molecule has 0 spiro atoms. The quantitative estimate of drug-likeness (QED) is 0.802. The molecule has 2 aliphatic rings. The molecule has 5 nitrogen and oxygen atoms in total. The number of aliphatic hydroxyl groups excluding tert-OH is 1. The Morgan fingerprint density at radius 2 is 1.92 bits per heavy atom. The summed E-state index contributed by atoms with van der Waals surface area (Å²) in [4.78, 5) is 2.40. The summed E-state index contributed by atoms with van der Waals surface area (Å²) in [6.45, 7) is 0.468. The fourth-order valence-electron chi connectivity index (χ4n) is 4.38. The van der Waals surface area contributed by atoms with Crippen molar-refractivity contribution in [3.8, 4) is 0 Å². The molecule has 4 rings (SSSR count). The van der Waals surface area contributed by atoms with Gasteiger partial charge in [-0.15, -0.1) is 0 Å². The van der Waals surface area contributed by atoms with E-state index in [1.165, 1.54) is 0 Å². The zero-order valence-electron chi connectivity index (χ0n) is 14.4. The lowest BCUT2D eigenvalue weighted by Crippen LogP contribution is -2.48. The molecule has 0 bridgehead atoms. The van der Waals surface area contributed by atoms with Crippen molar-refractivity contribution in [1.29, 1.82) is 0 Å². The van der Waals surface area contributed by atoms with Gasteiger partial charge in [-0.3, -0.25) is 0 Å². The smallest absolute Gasteiger partial charge is 0.243 e. The highest BCUT2D eigenvalue weighted by atomic mass is 79.9. The maximum absolute atomic E-state index is 13.3. The first-order valence-corrected chi connectivity index (χ1v) is 10.9. The number of likely N-dealkylation sites (N-methyl/N-ethyl adjacent to an activating group) is 1. The Bertz CT molecular complexity index is 920. The molecule has 1 saturated heterocycles. The monoisotopic (exact) mass is 436 g/mol. The number of hydrogen-bond acceptors (Lipinski definition) is 4. The van der Waals surface area contributed by atoms with Crippen LogP contribution in [-0.2, 0) is 10.0 Å². The van der Waals surface area contributed by atoms with E-state index in [0.29, 0.717) is 11.4 Å². The zero-order chi connectivity index (χ0) is 18.5. The van der Waals surface area contributed by atoms with Crippen molar-refractivity contribution >= 4 is 31.6 Å². The number of benzene rings is 2. The number of rotatable bonds is 3. The molecule has 0 aromatic heterocycles. The van der Waals surface area contributed by atoms with Crippen molar-refractivity contribution in [2.24, 2.45) is 5.92 Å². The van der Waals surface area contributed by atoms with Crippen LogP contribution in [0.1, 0.15) is 18.0 Å². The van der Waals surface area contributed by atoms with Crippen LogP contribution in [0.2, 0.25) is 0 Å². The molecule has 2 aliphatic heterocycles. The lowest BCUT2D eigenvalue weighted by atomic mass is 9.82. The van der Waals surface area contributed by atoms with Crippen LogP contribution in [0.4, 0.5) is 5.69 Å². The highest BCUT2D eigenvalue weighted by molar-refractivity contribution is 9.10. The molecule has 0 saturated carbocycles. The van der Waals surface area contributed by atoms with Gasteiger partial charge in [0.05, 0.1) is 23.6 Å². The SMILES string of the molecule is CN1c2ccc(Br)cc2[C@H]2[C@H](CCN2S(=O)(=O)c2ccccc2)[C@@H]1CO. The Morgan fingerprint density at radius 1 is 1.19 bits per heavy atom. The van der Waals surface area contributed by atoms with Gasteiger partial charge >= 0.3 is 0 Å². The molecular weight excluding hydrogens is 416 g/mol. The maximum atomic E-state index is 13.3. The van der Waals surface area contributed by atoms with Gasteiger partial charge in [-0.05, 0) is 42.3 Å². The second-order valence-electron chi connectivity index (χ2n) is 6.89. The summed E-state index contributed by atoms with van der Waals surface area (Å²) < 4.78 is 29.1. The number of aliphatic hydroxyl groups is 1. The van der Waals surface area contributed by atoms with Crippen LogP contribution >= 0.6 is 15.9 Å². The lowest BCUT2D eigenvalue weighted by Gasteiger charge is -2.44. The predicted molar refractivity (Wildman–Crippen MR) is 105 cm³/mol. The van der Waals surface area contributed by atoms with Crippen LogP contribution < -0.4 is 4.90 Å². The first-order valence-electron chi connectivity index (χ1n) is 8.65. The van der Waals surface area contributed by atoms with Crippen LogP contribution in [0.15, 0.2) is 57.9 Å². The summed E-state index contributed by atoms with van der Waals surface area (Å²) in [6.07, 6.45) is 0.734. The normalized spacial score (nSPS) is 25.8. The van der Waals surface area contributed by atoms with Gasteiger partial charge in [0.1, 0.15) is 0 Å². The first kappa shape index (κ1) is 18.0.